The van der Waals surface area contributed by atoms with Crippen molar-refractivity contribution in [3.63, 3.8) is 0 Å². The van der Waals surface area contributed by atoms with Gasteiger partial charge in [-0.1, -0.05) is 30.0 Å². The number of carbonyl (C=O) groups is 2. The summed E-state index contributed by atoms with van der Waals surface area (Å²) in [6, 6.07) is 17.5. The van der Waals surface area contributed by atoms with Crippen molar-refractivity contribution in [3.8, 4) is 5.69 Å². The third kappa shape index (κ3) is 4.98. The molecule has 4 rings (SSSR count). The Balaban J connectivity index is 1.53. The number of thioether (sulfide) groups is 1. The van der Waals surface area contributed by atoms with E-state index in [1.165, 1.54) is 16.3 Å². The summed E-state index contributed by atoms with van der Waals surface area (Å²) in [4.78, 5) is 45.2. The van der Waals surface area contributed by atoms with Crippen LogP contribution in [0.3, 0.4) is 0 Å². The van der Waals surface area contributed by atoms with Gasteiger partial charge in [0.1, 0.15) is 5.52 Å². The molecule has 0 atom stereocenters. The molecular formula is C24H22N4O4S. The molecule has 0 bridgehead atoms. The Morgan fingerprint density at radius 2 is 1.85 bits per heavy atom. The van der Waals surface area contributed by atoms with Crippen LogP contribution in [0.1, 0.15) is 23.0 Å². The second-order valence-electron chi connectivity index (χ2n) is 7.22. The Kier molecular flexibility index (Phi) is 6.60. The van der Waals surface area contributed by atoms with E-state index in [-0.39, 0.29) is 17.2 Å². The van der Waals surface area contributed by atoms with Crippen LogP contribution in [0.2, 0.25) is 0 Å². The molecule has 1 amide bonds. The summed E-state index contributed by atoms with van der Waals surface area (Å²) < 4.78 is 6.46. The first-order valence-corrected chi connectivity index (χ1v) is 11.3. The number of hydrogen-bond acceptors (Lipinski definition) is 6. The molecule has 0 saturated heterocycles. The van der Waals surface area contributed by atoms with Crippen molar-refractivity contribution in [1.29, 1.82) is 0 Å². The molecule has 0 fully saturated rings. The zero-order valence-corrected chi connectivity index (χ0v) is 18.9. The SMILES string of the molecule is CCOC(=O)c1ccc(NC(=O)CSc2nc3cc(C)[nH]c3c(=O)n2-c2ccccc2)cc1. The number of ether oxygens (including phenoxy) is 1. The maximum atomic E-state index is 13.2. The van der Waals surface area contributed by atoms with Gasteiger partial charge in [0.25, 0.3) is 5.56 Å². The summed E-state index contributed by atoms with van der Waals surface area (Å²) in [6.45, 7) is 3.90. The number of aromatic nitrogens is 3. The van der Waals surface area contributed by atoms with Crippen LogP contribution in [-0.4, -0.2) is 38.8 Å². The number of esters is 1. The van der Waals surface area contributed by atoms with Crippen LogP contribution in [0.5, 0.6) is 0 Å². The Bertz CT molecular complexity index is 1360. The standard InChI is InChI=1S/C24H22N4O4S/c1-3-32-23(31)16-9-11-17(12-10-16)26-20(29)14-33-24-27-19-13-15(2)25-21(19)22(30)28(24)18-7-5-4-6-8-18/h4-13,25H,3,14H2,1-2H3,(H,26,29). The number of aryl methyl sites for hydroxylation is 1. The van der Waals surface area contributed by atoms with Gasteiger partial charge in [-0.15, -0.1) is 0 Å². The molecule has 33 heavy (non-hydrogen) atoms. The number of H-pyrrole nitrogens is 1. The van der Waals surface area contributed by atoms with Gasteiger partial charge in [-0.3, -0.25) is 14.2 Å². The molecule has 0 aliphatic carbocycles. The zero-order chi connectivity index (χ0) is 23.4. The van der Waals surface area contributed by atoms with E-state index in [0.717, 1.165) is 5.69 Å². The van der Waals surface area contributed by atoms with E-state index in [4.69, 9.17) is 4.74 Å². The van der Waals surface area contributed by atoms with Crippen LogP contribution in [0.15, 0.2) is 70.6 Å². The number of rotatable bonds is 7. The summed E-state index contributed by atoms with van der Waals surface area (Å²) in [5, 5.41) is 3.21. The molecule has 0 aliphatic rings. The number of nitrogens with zero attached hydrogens (tertiary/aromatic N) is 2. The van der Waals surface area contributed by atoms with E-state index >= 15 is 0 Å². The van der Waals surface area contributed by atoms with Gasteiger partial charge in [0.2, 0.25) is 5.91 Å². The van der Waals surface area contributed by atoms with Crippen LogP contribution >= 0.6 is 11.8 Å². The average Bonchev–Trinajstić information content (AvgIpc) is 3.19. The number of aromatic amines is 1. The highest BCUT2D eigenvalue weighted by molar-refractivity contribution is 7.99. The fraction of sp³-hybridized carbons (Fsp3) is 0.167. The number of hydrogen-bond donors (Lipinski definition) is 2. The van der Waals surface area contributed by atoms with Gasteiger partial charge in [0.05, 0.1) is 29.1 Å². The first kappa shape index (κ1) is 22.3. The molecular weight excluding hydrogens is 440 g/mol. The Labute approximate surface area is 194 Å². The lowest BCUT2D eigenvalue weighted by molar-refractivity contribution is -0.113. The molecule has 2 aromatic heterocycles. The summed E-state index contributed by atoms with van der Waals surface area (Å²) >= 11 is 1.17. The number of benzene rings is 2. The van der Waals surface area contributed by atoms with Crippen molar-refractivity contribution in [2.75, 3.05) is 17.7 Å². The van der Waals surface area contributed by atoms with Crippen molar-refractivity contribution in [2.45, 2.75) is 19.0 Å². The average molecular weight is 463 g/mol. The van der Waals surface area contributed by atoms with Crippen LogP contribution < -0.4 is 10.9 Å². The molecule has 2 N–H and O–H groups in total. The fourth-order valence-electron chi connectivity index (χ4n) is 3.31. The molecule has 4 aromatic rings. The Morgan fingerprint density at radius 1 is 1.12 bits per heavy atom. The van der Waals surface area contributed by atoms with Gasteiger partial charge >= 0.3 is 5.97 Å². The molecule has 0 aliphatic heterocycles. The molecule has 9 heteroatoms. The summed E-state index contributed by atoms with van der Waals surface area (Å²) in [6.07, 6.45) is 0. The normalized spacial score (nSPS) is 10.8. The highest BCUT2D eigenvalue weighted by Crippen LogP contribution is 2.22. The first-order chi connectivity index (χ1) is 16.0. The maximum Gasteiger partial charge on any atom is 0.338 e. The highest BCUT2D eigenvalue weighted by Gasteiger charge is 2.16. The number of amides is 1. The topological polar surface area (TPSA) is 106 Å². The van der Waals surface area contributed by atoms with Crippen LogP contribution in [-0.2, 0) is 9.53 Å². The van der Waals surface area contributed by atoms with Crippen molar-refractivity contribution < 1.29 is 14.3 Å². The Hall–Kier alpha value is -3.85. The predicted molar refractivity (Wildman–Crippen MR) is 128 cm³/mol. The summed E-state index contributed by atoms with van der Waals surface area (Å²) in [7, 11) is 0. The molecule has 8 nitrogen and oxygen atoms in total. The molecule has 2 aromatic carbocycles. The lowest BCUT2D eigenvalue weighted by atomic mass is 10.2. The lowest BCUT2D eigenvalue weighted by Crippen LogP contribution is -2.23. The summed E-state index contributed by atoms with van der Waals surface area (Å²) in [5.41, 5.74) is 3.22. The zero-order valence-electron chi connectivity index (χ0n) is 18.1. The van der Waals surface area contributed by atoms with Crippen molar-refractivity contribution >= 4 is 40.4 Å². The van der Waals surface area contributed by atoms with Crippen molar-refractivity contribution in [1.82, 2.24) is 14.5 Å². The van der Waals surface area contributed by atoms with Crippen molar-refractivity contribution in [3.05, 3.63) is 82.3 Å². The lowest BCUT2D eigenvalue weighted by Gasteiger charge is -2.12. The van der Waals surface area contributed by atoms with Gasteiger partial charge in [-0.2, -0.15) is 0 Å². The van der Waals surface area contributed by atoms with Gasteiger partial charge < -0.3 is 15.0 Å². The number of nitrogens with one attached hydrogen (secondary N) is 2. The second-order valence-corrected chi connectivity index (χ2v) is 8.16. The quantitative estimate of drug-likeness (QED) is 0.245. The molecule has 0 saturated carbocycles. The van der Waals surface area contributed by atoms with Gasteiger partial charge in [0.15, 0.2) is 5.16 Å². The smallest absolute Gasteiger partial charge is 0.338 e. The number of para-hydroxylation sites is 1. The monoisotopic (exact) mass is 462 g/mol. The minimum absolute atomic E-state index is 0.0494. The number of fused-ring (bicyclic) bond motifs is 1. The van der Waals surface area contributed by atoms with E-state index in [1.807, 2.05) is 37.3 Å². The number of carbonyl (C=O) groups excluding carboxylic acids is 2. The molecule has 0 unspecified atom stereocenters. The van der Waals surface area contributed by atoms with E-state index < -0.39 is 5.97 Å². The third-order valence-corrected chi connectivity index (χ3v) is 5.72. The molecule has 0 radical (unpaired) electrons. The van der Waals surface area contributed by atoms with E-state index in [2.05, 4.69) is 15.3 Å². The Morgan fingerprint density at radius 3 is 2.55 bits per heavy atom. The van der Waals surface area contributed by atoms with Crippen LogP contribution in [0.25, 0.3) is 16.7 Å². The minimum Gasteiger partial charge on any atom is -0.462 e. The van der Waals surface area contributed by atoms with Crippen molar-refractivity contribution in [2.24, 2.45) is 0 Å². The summed E-state index contributed by atoms with van der Waals surface area (Å²) in [5.74, 6) is -0.622. The largest absolute Gasteiger partial charge is 0.462 e. The number of anilines is 1. The van der Waals surface area contributed by atoms with E-state index in [9.17, 15) is 14.4 Å². The first-order valence-electron chi connectivity index (χ1n) is 10.3. The van der Waals surface area contributed by atoms with Gasteiger partial charge in [-0.05, 0) is 56.3 Å². The predicted octanol–water partition coefficient (Wildman–Crippen LogP) is 3.93. The molecule has 0 spiro atoms. The minimum atomic E-state index is -0.411. The maximum absolute atomic E-state index is 13.2. The van der Waals surface area contributed by atoms with Gasteiger partial charge in [-0.25, -0.2) is 9.78 Å². The third-order valence-electron chi connectivity index (χ3n) is 4.78. The molecule has 168 valence electrons. The van der Waals surface area contributed by atoms with Crippen LogP contribution in [0, 0.1) is 6.92 Å². The van der Waals surface area contributed by atoms with Crippen LogP contribution in [0.4, 0.5) is 5.69 Å². The molecule has 2 heterocycles. The second kappa shape index (κ2) is 9.74. The van der Waals surface area contributed by atoms with Gasteiger partial charge in [0, 0.05) is 11.4 Å². The highest BCUT2D eigenvalue weighted by atomic mass is 32.2. The fourth-order valence-corrected chi connectivity index (χ4v) is 4.12. The van der Waals surface area contributed by atoms with E-state index in [0.29, 0.717) is 39.7 Å². The van der Waals surface area contributed by atoms with E-state index in [1.54, 1.807) is 37.3 Å².